The topological polar surface area (TPSA) is 79.5 Å². The third kappa shape index (κ3) is 5.85. The first-order valence-electron chi connectivity index (χ1n) is 9.05. The highest BCUT2D eigenvalue weighted by Crippen LogP contribution is 2.24. The van der Waals surface area contributed by atoms with Gasteiger partial charge in [-0.15, -0.1) is 0 Å². The van der Waals surface area contributed by atoms with Crippen LogP contribution < -0.4 is 20.1 Å². The number of hydrogen-bond acceptors (Lipinski definition) is 4. The minimum absolute atomic E-state index is 0.128. The van der Waals surface area contributed by atoms with Crippen LogP contribution in [0.15, 0.2) is 77.7 Å². The zero-order valence-corrected chi connectivity index (χ0v) is 18.4. The van der Waals surface area contributed by atoms with Crippen molar-refractivity contribution in [3.05, 3.63) is 77.8 Å². The predicted octanol–water partition coefficient (Wildman–Crippen LogP) is 5.35. The molecule has 0 amide bonds. The molecule has 0 spiro atoms. The number of para-hydroxylation sites is 2. The van der Waals surface area contributed by atoms with Gasteiger partial charge in [0.1, 0.15) is 5.75 Å². The molecule has 0 aromatic heterocycles. The molecule has 0 saturated heterocycles. The molecular formula is C21H20ClN3O3S2. The second kappa shape index (κ2) is 9.80. The fourth-order valence-corrected chi connectivity index (χ4v) is 4.00. The molecule has 0 radical (unpaired) electrons. The van der Waals surface area contributed by atoms with Crippen LogP contribution in [0, 0.1) is 0 Å². The molecule has 3 N–H and O–H groups in total. The number of thiocarbonyl (C=S) groups is 1. The van der Waals surface area contributed by atoms with Gasteiger partial charge in [-0.05, 0) is 79.8 Å². The Morgan fingerprint density at radius 1 is 0.933 bits per heavy atom. The lowest BCUT2D eigenvalue weighted by atomic mass is 10.3. The van der Waals surface area contributed by atoms with Gasteiger partial charge >= 0.3 is 0 Å². The Morgan fingerprint density at radius 3 is 2.23 bits per heavy atom. The first kappa shape index (κ1) is 21.9. The average Bonchev–Trinajstić information content (AvgIpc) is 2.72. The minimum Gasteiger partial charge on any atom is -0.492 e. The van der Waals surface area contributed by atoms with Crippen LogP contribution in [0.3, 0.4) is 0 Å². The molecule has 3 rings (SSSR count). The lowest BCUT2D eigenvalue weighted by Crippen LogP contribution is -2.19. The van der Waals surface area contributed by atoms with Gasteiger partial charge in [-0.1, -0.05) is 23.7 Å². The van der Waals surface area contributed by atoms with Crippen molar-refractivity contribution in [2.45, 2.75) is 11.8 Å². The van der Waals surface area contributed by atoms with E-state index in [0.29, 0.717) is 33.9 Å². The minimum atomic E-state index is -3.72. The molecule has 9 heteroatoms. The van der Waals surface area contributed by atoms with E-state index in [9.17, 15) is 8.42 Å². The molecule has 3 aromatic rings. The van der Waals surface area contributed by atoms with Gasteiger partial charge in [0.2, 0.25) is 0 Å². The van der Waals surface area contributed by atoms with Gasteiger partial charge in [-0.25, -0.2) is 8.42 Å². The summed E-state index contributed by atoms with van der Waals surface area (Å²) in [6.45, 7) is 2.45. The van der Waals surface area contributed by atoms with Crippen LogP contribution in [-0.4, -0.2) is 20.1 Å². The van der Waals surface area contributed by atoms with E-state index in [1.807, 2.05) is 31.2 Å². The number of nitrogens with one attached hydrogen (secondary N) is 3. The number of ether oxygens (including phenoxy) is 1. The zero-order chi connectivity index (χ0) is 21.6. The Kier molecular flexibility index (Phi) is 7.15. The Labute approximate surface area is 186 Å². The summed E-state index contributed by atoms with van der Waals surface area (Å²) in [7, 11) is -3.72. The standard InChI is InChI=1S/C21H20ClN3O3S2/c1-2-28-20-6-4-3-5-19(20)24-21(29)23-16-11-13-18(14-12-16)30(26,27)25-17-9-7-15(22)8-10-17/h3-14,25H,2H2,1H3,(H2,23,24,29). The maximum Gasteiger partial charge on any atom is 0.261 e. The van der Waals surface area contributed by atoms with Crippen LogP contribution >= 0.6 is 23.8 Å². The molecule has 0 unspecified atom stereocenters. The maximum absolute atomic E-state index is 12.5. The van der Waals surface area contributed by atoms with Crippen LogP contribution in [0.2, 0.25) is 5.02 Å². The monoisotopic (exact) mass is 461 g/mol. The van der Waals surface area contributed by atoms with Gasteiger partial charge in [0.25, 0.3) is 10.0 Å². The van der Waals surface area contributed by atoms with Crippen molar-refractivity contribution in [1.82, 2.24) is 0 Å². The number of benzene rings is 3. The fraction of sp³-hybridized carbons (Fsp3) is 0.0952. The molecule has 3 aromatic carbocycles. The summed E-state index contributed by atoms with van der Waals surface area (Å²) in [6, 6.07) is 20.2. The molecule has 0 atom stereocenters. The van der Waals surface area contributed by atoms with E-state index in [4.69, 9.17) is 28.6 Å². The summed E-state index contributed by atoms with van der Waals surface area (Å²) < 4.78 is 33.2. The molecule has 0 aliphatic rings. The molecule has 0 aliphatic heterocycles. The Bertz CT molecular complexity index is 1120. The molecule has 0 heterocycles. The summed E-state index contributed by atoms with van der Waals surface area (Å²) in [5.41, 5.74) is 1.81. The van der Waals surface area contributed by atoms with Gasteiger partial charge in [-0.2, -0.15) is 0 Å². The van der Waals surface area contributed by atoms with Gasteiger partial charge in [0.15, 0.2) is 5.11 Å². The van der Waals surface area contributed by atoms with E-state index in [1.54, 1.807) is 36.4 Å². The van der Waals surface area contributed by atoms with E-state index in [-0.39, 0.29) is 4.90 Å². The van der Waals surface area contributed by atoms with Gasteiger partial charge < -0.3 is 15.4 Å². The van der Waals surface area contributed by atoms with Crippen LogP contribution in [-0.2, 0) is 10.0 Å². The van der Waals surface area contributed by atoms with Crippen molar-refractivity contribution in [3.63, 3.8) is 0 Å². The van der Waals surface area contributed by atoms with Crippen molar-refractivity contribution in [1.29, 1.82) is 0 Å². The molecule has 0 aliphatic carbocycles. The van der Waals surface area contributed by atoms with Gasteiger partial charge in [-0.3, -0.25) is 4.72 Å². The van der Waals surface area contributed by atoms with Crippen LogP contribution in [0.4, 0.5) is 17.1 Å². The fourth-order valence-electron chi connectivity index (χ4n) is 2.59. The van der Waals surface area contributed by atoms with Crippen molar-refractivity contribution in [2.75, 3.05) is 22.0 Å². The first-order valence-corrected chi connectivity index (χ1v) is 11.3. The smallest absolute Gasteiger partial charge is 0.261 e. The highest BCUT2D eigenvalue weighted by Gasteiger charge is 2.14. The molecule has 0 fully saturated rings. The zero-order valence-electron chi connectivity index (χ0n) is 16.1. The SMILES string of the molecule is CCOc1ccccc1NC(=S)Nc1ccc(S(=O)(=O)Nc2ccc(Cl)cc2)cc1. The number of sulfonamides is 1. The lowest BCUT2D eigenvalue weighted by Gasteiger charge is -2.14. The molecule has 156 valence electrons. The highest BCUT2D eigenvalue weighted by molar-refractivity contribution is 7.92. The van der Waals surface area contributed by atoms with E-state index in [0.717, 1.165) is 5.69 Å². The highest BCUT2D eigenvalue weighted by atomic mass is 35.5. The maximum atomic E-state index is 12.5. The largest absolute Gasteiger partial charge is 0.492 e. The van der Waals surface area contributed by atoms with Crippen LogP contribution in [0.25, 0.3) is 0 Å². The van der Waals surface area contributed by atoms with E-state index in [2.05, 4.69) is 15.4 Å². The molecule has 0 bridgehead atoms. The summed E-state index contributed by atoms with van der Waals surface area (Å²) in [5, 5.41) is 7.00. The van der Waals surface area contributed by atoms with Crippen molar-refractivity contribution in [2.24, 2.45) is 0 Å². The van der Waals surface area contributed by atoms with E-state index in [1.165, 1.54) is 12.1 Å². The first-order chi connectivity index (χ1) is 14.4. The number of hydrogen-bond donors (Lipinski definition) is 3. The van der Waals surface area contributed by atoms with Crippen LogP contribution in [0.5, 0.6) is 5.75 Å². The summed E-state index contributed by atoms with van der Waals surface area (Å²) >= 11 is 11.2. The number of halogens is 1. The number of anilines is 3. The Balaban J connectivity index is 1.65. The molecule has 6 nitrogen and oxygen atoms in total. The Morgan fingerprint density at radius 2 is 1.57 bits per heavy atom. The summed E-state index contributed by atoms with van der Waals surface area (Å²) in [5.74, 6) is 0.693. The van der Waals surface area contributed by atoms with E-state index < -0.39 is 10.0 Å². The van der Waals surface area contributed by atoms with Crippen LogP contribution in [0.1, 0.15) is 6.92 Å². The third-order valence-electron chi connectivity index (χ3n) is 3.95. The molecule has 0 saturated carbocycles. The summed E-state index contributed by atoms with van der Waals surface area (Å²) in [6.07, 6.45) is 0. The third-order valence-corrected chi connectivity index (χ3v) is 5.81. The van der Waals surface area contributed by atoms with Crippen molar-refractivity contribution < 1.29 is 13.2 Å². The van der Waals surface area contributed by atoms with Crippen molar-refractivity contribution >= 4 is 56.0 Å². The second-order valence-electron chi connectivity index (χ2n) is 6.15. The summed E-state index contributed by atoms with van der Waals surface area (Å²) in [4.78, 5) is 0.128. The molecule has 30 heavy (non-hydrogen) atoms. The van der Waals surface area contributed by atoms with E-state index >= 15 is 0 Å². The number of rotatable bonds is 7. The molecular weight excluding hydrogens is 442 g/mol. The normalized spacial score (nSPS) is 10.9. The van der Waals surface area contributed by atoms with Crippen molar-refractivity contribution in [3.8, 4) is 5.75 Å². The van der Waals surface area contributed by atoms with Gasteiger partial charge in [0, 0.05) is 16.4 Å². The average molecular weight is 462 g/mol. The Hall–Kier alpha value is -2.81. The predicted molar refractivity (Wildman–Crippen MR) is 126 cm³/mol. The quantitative estimate of drug-likeness (QED) is 0.412. The van der Waals surface area contributed by atoms with Gasteiger partial charge in [0.05, 0.1) is 17.2 Å². The second-order valence-corrected chi connectivity index (χ2v) is 8.67. The lowest BCUT2D eigenvalue weighted by molar-refractivity contribution is 0.342.